The van der Waals surface area contributed by atoms with Crippen LogP contribution in [0.1, 0.15) is 18.9 Å². The van der Waals surface area contributed by atoms with Crippen LogP contribution in [-0.4, -0.2) is 19.1 Å². The van der Waals surface area contributed by atoms with Gasteiger partial charge in [0.25, 0.3) is 5.56 Å². The zero-order chi connectivity index (χ0) is 19.4. The second kappa shape index (κ2) is 6.72. The van der Waals surface area contributed by atoms with Crippen molar-refractivity contribution in [3.8, 4) is 17.1 Å². The van der Waals surface area contributed by atoms with Gasteiger partial charge in [-0.3, -0.25) is 9.36 Å². The van der Waals surface area contributed by atoms with Gasteiger partial charge in [0.15, 0.2) is 17.0 Å². The number of aromatic nitrogens is 4. The molecule has 1 saturated carbocycles. The average Bonchev–Trinajstić information content (AvgIpc) is 3.42. The highest BCUT2D eigenvalue weighted by atomic mass is 79.9. The Bertz CT molecular complexity index is 1280. The molecule has 0 saturated heterocycles. The maximum Gasteiger partial charge on any atom is 0.286 e. The van der Waals surface area contributed by atoms with E-state index >= 15 is 0 Å². The second-order valence-electron chi connectivity index (χ2n) is 6.73. The first kappa shape index (κ1) is 17.9. The molecule has 0 amide bonds. The van der Waals surface area contributed by atoms with Gasteiger partial charge in [0, 0.05) is 21.1 Å². The summed E-state index contributed by atoms with van der Waals surface area (Å²) in [5, 5.41) is 0.956. The van der Waals surface area contributed by atoms with E-state index in [0.717, 1.165) is 17.3 Å². The minimum Gasteiger partial charge on any atom is -0.312 e. The topological polar surface area (TPSA) is 52.7 Å². The highest BCUT2D eigenvalue weighted by Gasteiger charge is 2.28. The molecule has 0 atom stereocenters. The lowest BCUT2D eigenvalue weighted by Crippen LogP contribution is -2.22. The summed E-state index contributed by atoms with van der Waals surface area (Å²) in [6, 6.07) is 13.0. The predicted molar refractivity (Wildman–Crippen MR) is 115 cm³/mol. The summed E-state index contributed by atoms with van der Waals surface area (Å²) in [5.41, 5.74) is 2.03. The van der Waals surface area contributed by atoms with Crippen molar-refractivity contribution in [2.75, 3.05) is 0 Å². The smallest absolute Gasteiger partial charge is 0.286 e. The van der Waals surface area contributed by atoms with Crippen LogP contribution in [0.25, 0.3) is 28.2 Å². The lowest BCUT2D eigenvalue weighted by atomic mass is 10.2. The first-order chi connectivity index (χ1) is 13.5. The second-order valence-corrected chi connectivity index (χ2v) is 8.49. The van der Waals surface area contributed by atoms with Gasteiger partial charge < -0.3 is 4.57 Å². The Hall–Kier alpha value is -2.15. The predicted octanol–water partition coefficient (Wildman–Crippen LogP) is 5.65. The number of imidazole rings is 1. The van der Waals surface area contributed by atoms with Gasteiger partial charge in [0.1, 0.15) is 0 Å². The number of rotatable bonds is 3. The monoisotopic (exact) mass is 474 g/mol. The number of nitrogens with zero attached hydrogens (tertiary/aromatic N) is 4. The van der Waals surface area contributed by atoms with E-state index < -0.39 is 0 Å². The van der Waals surface area contributed by atoms with E-state index in [4.69, 9.17) is 28.2 Å². The van der Waals surface area contributed by atoms with Crippen molar-refractivity contribution >= 4 is 50.3 Å². The van der Waals surface area contributed by atoms with Crippen molar-refractivity contribution in [1.82, 2.24) is 19.1 Å². The molecule has 5 rings (SSSR count). The van der Waals surface area contributed by atoms with Crippen LogP contribution in [0, 0.1) is 0 Å². The van der Waals surface area contributed by atoms with Gasteiger partial charge in [-0.15, -0.1) is 0 Å². The number of benzene rings is 2. The molecule has 0 spiro atoms. The van der Waals surface area contributed by atoms with E-state index in [2.05, 4.69) is 20.9 Å². The standard InChI is InChI=1S/C20H13BrCl2N4O/c21-11-1-4-14(5-2-11)27-18(15-8-3-12(22)9-16(15)23)25-19-17(20(27)28)24-10-26(19)13-6-7-13/h1-5,8-10,13H,6-7H2. The molecular formula is C20H13BrCl2N4O. The highest BCUT2D eigenvalue weighted by Crippen LogP contribution is 2.37. The summed E-state index contributed by atoms with van der Waals surface area (Å²) in [6.07, 6.45) is 3.84. The van der Waals surface area contributed by atoms with E-state index in [-0.39, 0.29) is 5.56 Å². The Morgan fingerprint density at radius 2 is 1.82 bits per heavy atom. The Balaban J connectivity index is 1.87. The molecule has 5 nitrogen and oxygen atoms in total. The maximum absolute atomic E-state index is 13.4. The summed E-state index contributed by atoms with van der Waals surface area (Å²) in [7, 11) is 0. The van der Waals surface area contributed by atoms with Crippen LogP contribution in [0.2, 0.25) is 10.0 Å². The SMILES string of the molecule is O=c1c2ncn(C3CC3)c2nc(-c2ccc(Cl)cc2Cl)n1-c1ccc(Br)cc1. The lowest BCUT2D eigenvalue weighted by molar-refractivity contribution is 0.755. The minimum absolute atomic E-state index is 0.229. The summed E-state index contributed by atoms with van der Waals surface area (Å²) in [5.74, 6) is 0.462. The summed E-state index contributed by atoms with van der Waals surface area (Å²) in [6.45, 7) is 0. The van der Waals surface area contributed by atoms with Gasteiger partial charge in [0.2, 0.25) is 0 Å². The molecule has 2 heterocycles. The van der Waals surface area contributed by atoms with Crippen LogP contribution in [0.5, 0.6) is 0 Å². The molecule has 1 fully saturated rings. The van der Waals surface area contributed by atoms with Crippen LogP contribution in [-0.2, 0) is 0 Å². The van der Waals surface area contributed by atoms with Crippen LogP contribution in [0.3, 0.4) is 0 Å². The molecule has 4 aromatic rings. The van der Waals surface area contributed by atoms with Crippen molar-refractivity contribution in [1.29, 1.82) is 0 Å². The third kappa shape index (κ3) is 2.96. The molecule has 1 aliphatic rings. The largest absolute Gasteiger partial charge is 0.312 e. The van der Waals surface area contributed by atoms with Gasteiger partial charge in [-0.25, -0.2) is 9.97 Å². The fourth-order valence-corrected chi connectivity index (χ4v) is 4.03. The van der Waals surface area contributed by atoms with E-state index in [9.17, 15) is 4.79 Å². The maximum atomic E-state index is 13.4. The lowest BCUT2D eigenvalue weighted by Gasteiger charge is -2.14. The van der Waals surface area contributed by atoms with Crippen molar-refractivity contribution in [3.05, 3.63) is 73.7 Å². The first-order valence-corrected chi connectivity index (χ1v) is 10.3. The summed E-state index contributed by atoms with van der Waals surface area (Å²) in [4.78, 5) is 22.6. The number of halogens is 3. The fraction of sp³-hybridized carbons (Fsp3) is 0.150. The van der Waals surface area contributed by atoms with Crippen LogP contribution in [0.15, 0.2) is 58.1 Å². The molecule has 2 aromatic carbocycles. The molecule has 2 aromatic heterocycles. The summed E-state index contributed by atoms with van der Waals surface area (Å²) >= 11 is 16.0. The molecule has 1 aliphatic carbocycles. The Labute approximate surface area is 178 Å². The molecule has 0 unspecified atom stereocenters. The highest BCUT2D eigenvalue weighted by molar-refractivity contribution is 9.10. The van der Waals surface area contributed by atoms with Crippen LogP contribution < -0.4 is 5.56 Å². The fourth-order valence-electron chi connectivity index (χ4n) is 3.27. The van der Waals surface area contributed by atoms with Crippen molar-refractivity contribution in [2.45, 2.75) is 18.9 Å². The molecule has 0 bridgehead atoms. The van der Waals surface area contributed by atoms with Gasteiger partial charge in [-0.2, -0.15) is 0 Å². The number of hydrogen-bond acceptors (Lipinski definition) is 3. The molecule has 0 radical (unpaired) electrons. The van der Waals surface area contributed by atoms with E-state index in [1.54, 1.807) is 29.1 Å². The molecule has 140 valence electrons. The van der Waals surface area contributed by atoms with Crippen molar-refractivity contribution in [3.63, 3.8) is 0 Å². The number of fused-ring (bicyclic) bond motifs is 1. The number of hydrogen-bond donors (Lipinski definition) is 0. The normalized spacial score (nSPS) is 14.0. The van der Waals surface area contributed by atoms with Gasteiger partial charge in [-0.1, -0.05) is 39.1 Å². The first-order valence-electron chi connectivity index (χ1n) is 8.74. The van der Waals surface area contributed by atoms with Crippen molar-refractivity contribution in [2.24, 2.45) is 0 Å². The van der Waals surface area contributed by atoms with E-state index in [0.29, 0.717) is 44.3 Å². The van der Waals surface area contributed by atoms with Crippen LogP contribution in [0.4, 0.5) is 0 Å². The van der Waals surface area contributed by atoms with E-state index in [1.807, 2.05) is 28.8 Å². The van der Waals surface area contributed by atoms with Gasteiger partial charge in [0.05, 0.1) is 17.0 Å². The van der Waals surface area contributed by atoms with Gasteiger partial charge in [-0.05, 0) is 55.3 Å². The quantitative estimate of drug-likeness (QED) is 0.384. The molecule has 0 N–H and O–H groups in total. The van der Waals surface area contributed by atoms with E-state index in [1.165, 1.54) is 0 Å². The third-order valence-electron chi connectivity index (χ3n) is 4.79. The third-order valence-corrected chi connectivity index (χ3v) is 5.87. The summed E-state index contributed by atoms with van der Waals surface area (Å²) < 4.78 is 4.45. The zero-order valence-corrected chi connectivity index (χ0v) is 17.5. The van der Waals surface area contributed by atoms with Crippen molar-refractivity contribution < 1.29 is 0 Å². The molecule has 28 heavy (non-hydrogen) atoms. The Kier molecular flexibility index (Phi) is 4.30. The van der Waals surface area contributed by atoms with Gasteiger partial charge >= 0.3 is 0 Å². The Morgan fingerprint density at radius 1 is 1.07 bits per heavy atom. The zero-order valence-electron chi connectivity index (χ0n) is 14.4. The molecule has 0 aliphatic heterocycles. The molecular weight excluding hydrogens is 463 g/mol. The Morgan fingerprint density at radius 3 is 2.50 bits per heavy atom. The minimum atomic E-state index is -0.229. The average molecular weight is 476 g/mol. The van der Waals surface area contributed by atoms with Crippen LogP contribution >= 0.6 is 39.1 Å². The molecule has 8 heteroatoms.